The van der Waals surface area contributed by atoms with Crippen molar-refractivity contribution in [1.29, 1.82) is 0 Å². The molecule has 25 heavy (non-hydrogen) atoms. The highest BCUT2D eigenvalue weighted by molar-refractivity contribution is 5.74. The molecule has 0 spiro atoms. The van der Waals surface area contributed by atoms with E-state index in [0.717, 1.165) is 0 Å². The van der Waals surface area contributed by atoms with Crippen molar-refractivity contribution in [2.24, 2.45) is 0 Å². The second-order valence-corrected chi connectivity index (χ2v) is 8.74. The van der Waals surface area contributed by atoms with E-state index < -0.39 is 0 Å². The molecule has 0 amide bonds. The second kappa shape index (κ2) is 7.77. The summed E-state index contributed by atoms with van der Waals surface area (Å²) in [5, 5.41) is 0. The molecule has 1 aliphatic rings. The molecular formula is C25H38. The minimum absolute atomic E-state index is 0. The second-order valence-electron chi connectivity index (χ2n) is 8.74. The Morgan fingerprint density at radius 2 is 0.920 bits per heavy atom. The molecule has 0 aromatic heterocycles. The van der Waals surface area contributed by atoms with Crippen LogP contribution in [0.4, 0.5) is 0 Å². The Hall–Kier alpha value is -1.56. The molecule has 0 nitrogen and oxygen atoms in total. The van der Waals surface area contributed by atoms with Crippen LogP contribution < -0.4 is 0 Å². The fourth-order valence-electron chi connectivity index (χ4n) is 3.33. The van der Waals surface area contributed by atoms with E-state index in [1.165, 1.54) is 46.2 Å². The monoisotopic (exact) mass is 338 g/mol. The molecule has 0 heteroatoms. The molecule has 0 saturated carbocycles. The molecule has 0 radical (unpaired) electrons. The fraction of sp³-hybridized carbons (Fsp3) is 0.520. The summed E-state index contributed by atoms with van der Waals surface area (Å²) in [6.45, 7) is 17.8. The van der Waals surface area contributed by atoms with Crippen LogP contribution in [-0.2, 0) is 23.7 Å². The highest BCUT2D eigenvalue weighted by atomic mass is 14.3. The maximum Gasteiger partial charge on any atom is -0.0132 e. The zero-order valence-electron chi connectivity index (χ0n) is 16.9. The summed E-state index contributed by atoms with van der Waals surface area (Å²) >= 11 is 0. The smallest absolute Gasteiger partial charge is 0.0132 e. The first-order valence-corrected chi connectivity index (χ1v) is 9.43. The van der Waals surface area contributed by atoms with Gasteiger partial charge in [-0.3, -0.25) is 0 Å². The predicted octanol–water partition coefficient (Wildman–Crippen LogP) is 7.71. The van der Waals surface area contributed by atoms with Gasteiger partial charge in [-0.05, 0) is 57.1 Å². The molecular weight excluding hydrogens is 300 g/mol. The van der Waals surface area contributed by atoms with E-state index in [1.54, 1.807) is 0 Å². The SMILES string of the molecule is C.CC.CC(C)(C)c1ccc2c(c1)CCc1cc(C(C)(C)C)ccc1-2. The number of aryl methyl sites for hydroxylation is 2. The molecule has 0 unspecified atom stereocenters. The number of rotatable bonds is 0. The minimum atomic E-state index is 0. The quantitative estimate of drug-likeness (QED) is 0.461. The standard InChI is InChI=1S/C22H28.C2H6.CH4/c1-21(2,3)17-9-11-19-15(13-17)7-8-16-14-18(22(4,5)6)10-12-20(16)19;1-2;/h9-14H,7-8H2,1-6H3;1-2H3;1H4. The van der Waals surface area contributed by atoms with Crippen LogP contribution >= 0.6 is 0 Å². The normalized spacial score (nSPS) is 13.0. The molecule has 0 heterocycles. The molecule has 0 aliphatic heterocycles. The highest BCUT2D eigenvalue weighted by Gasteiger charge is 2.22. The zero-order chi connectivity index (χ0) is 18.1. The van der Waals surface area contributed by atoms with Crippen LogP contribution in [0, 0.1) is 0 Å². The molecule has 0 N–H and O–H groups in total. The van der Waals surface area contributed by atoms with Crippen LogP contribution in [-0.4, -0.2) is 0 Å². The molecule has 0 bridgehead atoms. The third-order valence-electron chi connectivity index (χ3n) is 4.90. The van der Waals surface area contributed by atoms with Gasteiger partial charge in [0.2, 0.25) is 0 Å². The lowest BCUT2D eigenvalue weighted by atomic mass is 9.78. The molecule has 3 rings (SSSR count). The largest absolute Gasteiger partial charge is 0.0776 e. The Balaban J connectivity index is 0.00000101. The van der Waals surface area contributed by atoms with Gasteiger partial charge in [0, 0.05) is 0 Å². The summed E-state index contributed by atoms with van der Waals surface area (Å²) < 4.78 is 0. The van der Waals surface area contributed by atoms with Crippen molar-refractivity contribution in [2.75, 3.05) is 0 Å². The van der Waals surface area contributed by atoms with Crippen molar-refractivity contribution in [3.05, 3.63) is 58.7 Å². The molecule has 0 fully saturated rings. The first kappa shape index (κ1) is 21.5. The van der Waals surface area contributed by atoms with Gasteiger partial charge in [-0.15, -0.1) is 0 Å². The van der Waals surface area contributed by atoms with Crippen LogP contribution in [0.1, 0.15) is 85.1 Å². The van der Waals surface area contributed by atoms with Gasteiger partial charge in [0.25, 0.3) is 0 Å². The summed E-state index contributed by atoms with van der Waals surface area (Å²) in [7, 11) is 0. The molecule has 2 aromatic carbocycles. The van der Waals surface area contributed by atoms with Gasteiger partial charge in [0.05, 0.1) is 0 Å². The molecule has 2 aromatic rings. The molecule has 1 aliphatic carbocycles. The third kappa shape index (κ3) is 4.54. The van der Waals surface area contributed by atoms with Crippen LogP contribution in [0.5, 0.6) is 0 Å². The molecule has 0 saturated heterocycles. The maximum absolute atomic E-state index is 2.43. The van der Waals surface area contributed by atoms with E-state index in [4.69, 9.17) is 0 Å². The summed E-state index contributed by atoms with van der Waals surface area (Å²) in [4.78, 5) is 0. The van der Waals surface area contributed by atoms with E-state index in [2.05, 4.69) is 77.9 Å². The van der Waals surface area contributed by atoms with E-state index in [1.807, 2.05) is 13.8 Å². The average molecular weight is 339 g/mol. The predicted molar refractivity (Wildman–Crippen MR) is 115 cm³/mol. The average Bonchev–Trinajstić information content (AvgIpc) is 2.54. The van der Waals surface area contributed by atoms with E-state index in [0.29, 0.717) is 0 Å². The summed E-state index contributed by atoms with van der Waals surface area (Å²) in [5.41, 5.74) is 9.26. The summed E-state index contributed by atoms with van der Waals surface area (Å²) in [6, 6.07) is 14.2. The van der Waals surface area contributed by atoms with E-state index >= 15 is 0 Å². The van der Waals surface area contributed by atoms with Crippen LogP contribution in [0.3, 0.4) is 0 Å². The third-order valence-corrected chi connectivity index (χ3v) is 4.90. The van der Waals surface area contributed by atoms with Crippen LogP contribution in [0.25, 0.3) is 11.1 Å². The lowest BCUT2D eigenvalue weighted by Gasteiger charge is -2.27. The number of fused-ring (bicyclic) bond motifs is 3. The first-order valence-electron chi connectivity index (χ1n) is 9.43. The van der Waals surface area contributed by atoms with E-state index in [-0.39, 0.29) is 18.3 Å². The van der Waals surface area contributed by atoms with Gasteiger partial charge in [0.1, 0.15) is 0 Å². The minimum Gasteiger partial charge on any atom is -0.0776 e. The lowest BCUT2D eigenvalue weighted by molar-refractivity contribution is 0.587. The topological polar surface area (TPSA) is 0 Å². The number of benzene rings is 2. The number of hydrogen-bond acceptors (Lipinski definition) is 0. The van der Waals surface area contributed by atoms with Crippen molar-refractivity contribution in [2.45, 2.75) is 86.5 Å². The number of hydrogen-bond donors (Lipinski definition) is 0. The molecule has 138 valence electrons. The summed E-state index contributed by atoms with van der Waals surface area (Å²) in [5.74, 6) is 0. The van der Waals surface area contributed by atoms with Crippen molar-refractivity contribution < 1.29 is 0 Å². The lowest BCUT2D eigenvalue weighted by Crippen LogP contribution is -2.15. The van der Waals surface area contributed by atoms with Gasteiger partial charge in [-0.25, -0.2) is 0 Å². The van der Waals surface area contributed by atoms with Gasteiger partial charge in [-0.2, -0.15) is 0 Å². The maximum atomic E-state index is 2.43. The Labute approximate surface area is 156 Å². The Morgan fingerprint density at radius 1 is 0.600 bits per heavy atom. The first-order chi connectivity index (χ1) is 11.2. The van der Waals surface area contributed by atoms with Crippen LogP contribution in [0.2, 0.25) is 0 Å². The van der Waals surface area contributed by atoms with Crippen molar-refractivity contribution in [3.8, 4) is 11.1 Å². The zero-order valence-corrected chi connectivity index (χ0v) is 16.9. The van der Waals surface area contributed by atoms with E-state index in [9.17, 15) is 0 Å². The summed E-state index contributed by atoms with van der Waals surface area (Å²) in [6.07, 6.45) is 2.33. The molecule has 0 atom stereocenters. The van der Waals surface area contributed by atoms with Crippen LogP contribution in [0.15, 0.2) is 36.4 Å². The van der Waals surface area contributed by atoms with Crippen molar-refractivity contribution in [3.63, 3.8) is 0 Å². The highest BCUT2D eigenvalue weighted by Crippen LogP contribution is 2.38. The van der Waals surface area contributed by atoms with Gasteiger partial charge < -0.3 is 0 Å². The van der Waals surface area contributed by atoms with Gasteiger partial charge in [0.15, 0.2) is 0 Å². The fourth-order valence-corrected chi connectivity index (χ4v) is 3.33. The van der Waals surface area contributed by atoms with Gasteiger partial charge >= 0.3 is 0 Å². The Bertz CT molecular complexity index is 642. The Morgan fingerprint density at radius 3 is 1.20 bits per heavy atom. The Kier molecular flexibility index (Phi) is 6.68. The van der Waals surface area contributed by atoms with Crippen molar-refractivity contribution in [1.82, 2.24) is 0 Å². The van der Waals surface area contributed by atoms with Gasteiger partial charge in [-0.1, -0.05) is 99.2 Å². The van der Waals surface area contributed by atoms with Crippen molar-refractivity contribution >= 4 is 0 Å².